The molecule has 0 N–H and O–H groups in total. The van der Waals surface area contributed by atoms with Gasteiger partial charge in [-0.15, -0.1) is 0 Å². The lowest BCUT2D eigenvalue weighted by molar-refractivity contribution is -0.870. The first-order valence-corrected chi connectivity index (χ1v) is 16.6. The number of quaternary nitrogens is 1. The van der Waals surface area contributed by atoms with Crippen LogP contribution in [-0.4, -0.2) is 76.5 Å². The third-order valence-electron chi connectivity index (χ3n) is 6.32. The lowest BCUT2D eigenvalue weighted by atomic mass is 10.0. The molecule has 0 aromatic heterocycles. The van der Waals surface area contributed by atoms with Crippen LogP contribution in [0.3, 0.4) is 0 Å². The van der Waals surface area contributed by atoms with Crippen LogP contribution >= 0.6 is 7.82 Å². The van der Waals surface area contributed by atoms with E-state index in [-0.39, 0.29) is 25.4 Å². The average Bonchev–Trinajstić information content (AvgIpc) is 2.82. The van der Waals surface area contributed by atoms with Gasteiger partial charge >= 0.3 is 5.97 Å². The van der Waals surface area contributed by atoms with Crippen LogP contribution in [0.15, 0.2) is 0 Å². The van der Waals surface area contributed by atoms with Crippen LogP contribution in [0.5, 0.6) is 0 Å². The highest BCUT2D eigenvalue weighted by Crippen LogP contribution is 2.38. The van der Waals surface area contributed by atoms with Crippen molar-refractivity contribution in [2.24, 2.45) is 0 Å². The first kappa shape index (κ1) is 38.2. The monoisotopic (exact) mass is 579 g/mol. The molecule has 0 aliphatic rings. The lowest BCUT2D eigenvalue weighted by Crippen LogP contribution is -2.37. The molecule has 0 fully saturated rings. The second-order valence-corrected chi connectivity index (χ2v) is 13.0. The largest absolute Gasteiger partial charge is 0.756 e. The van der Waals surface area contributed by atoms with Crippen molar-refractivity contribution in [3.63, 3.8) is 0 Å². The zero-order valence-electron chi connectivity index (χ0n) is 25.6. The van der Waals surface area contributed by atoms with Gasteiger partial charge < -0.3 is 27.9 Å². The number of hydrogen-bond donors (Lipinski definition) is 0. The summed E-state index contributed by atoms with van der Waals surface area (Å²) in [4.78, 5) is 35.2. The Morgan fingerprint density at radius 2 is 1.23 bits per heavy atom. The van der Waals surface area contributed by atoms with Gasteiger partial charge in [0.15, 0.2) is 0 Å². The van der Waals surface area contributed by atoms with Gasteiger partial charge in [0.25, 0.3) is 7.82 Å². The molecule has 0 amide bonds. The van der Waals surface area contributed by atoms with E-state index < -0.39 is 26.5 Å². The van der Waals surface area contributed by atoms with E-state index >= 15 is 0 Å². The number of carbonyl (C=O) groups excluding carboxylic acids is 2. The van der Waals surface area contributed by atoms with Crippen molar-refractivity contribution in [3.05, 3.63) is 0 Å². The third kappa shape index (κ3) is 28.5. The Morgan fingerprint density at radius 1 is 0.744 bits per heavy atom. The number of ether oxygens (including phenoxy) is 2. The lowest BCUT2D eigenvalue weighted by Gasteiger charge is -2.28. The SMILES string of the molecule is CCCCCCCCCCCCCCCCCOCC(COP(=O)([O-])OCC[N+](C)(C)C)OC(=O)CC(C)=O. The van der Waals surface area contributed by atoms with Crippen molar-refractivity contribution in [2.45, 2.75) is 123 Å². The predicted octanol–water partition coefficient (Wildman–Crippen LogP) is 5.97. The number of nitrogens with zero attached hydrogens (tertiary/aromatic N) is 1. The Morgan fingerprint density at radius 3 is 1.69 bits per heavy atom. The molecular weight excluding hydrogens is 521 g/mol. The molecule has 2 unspecified atom stereocenters. The Bertz CT molecular complexity index is 668. The summed E-state index contributed by atoms with van der Waals surface area (Å²) in [6.45, 7) is 4.05. The Labute approximate surface area is 238 Å². The molecule has 0 saturated carbocycles. The molecular formula is C29H58NO8P. The number of ketones is 1. The number of esters is 1. The molecule has 0 aromatic rings. The van der Waals surface area contributed by atoms with Gasteiger partial charge in [0, 0.05) is 6.61 Å². The van der Waals surface area contributed by atoms with E-state index in [9.17, 15) is 19.0 Å². The van der Waals surface area contributed by atoms with Crippen LogP contribution < -0.4 is 4.89 Å². The first-order valence-electron chi connectivity index (χ1n) is 15.1. The van der Waals surface area contributed by atoms with Crippen molar-refractivity contribution in [1.29, 1.82) is 0 Å². The number of Topliss-reactive ketones (excluding diaryl/α,β-unsaturated/α-hetero) is 1. The molecule has 0 aromatic carbocycles. The predicted molar refractivity (Wildman–Crippen MR) is 153 cm³/mol. The number of likely N-dealkylation sites (N-methyl/N-ethyl adjacent to an activating group) is 1. The van der Waals surface area contributed by atoms with Crippen molar-refractivity contribution in [3.8, 4) is 0 Å². The molecule has 0 saturated heterocycles. The molecule has 0 rings (SSSR count). The fourth-order valence-corrected chi connectivity index (χ4v) is 4.70. The van der Waals surface area contributed by atoms with Crippen LogP contribution in [0.2, 0.25) is 0 Å². The van der Waals surface area contributed by atoms with Gasteiger partial charge in [0.05, 0.1) is 34.4 Å². The highest BCUT2D eigenvalue weighted by Gasteiger charge is 2.21. The van der Waals surface area contributed by atoms with Gasteiger partial charge in [-0.1, -0.05) is 96.8 Å². The van der Waals surface area contributed by atoms with Crippen molar-refractivity contribution >= 4 is 19.6 Å². The maximum Gasteiger partial charge on any atom is 0.313 e. The number of phosphoric acid groups is 1. The number of rotatable bonds is 28. The summed E-state index contributed by atoms with van der Waals surface area (Å²) >= 11 is 0. The molecule has 10 heteroatoms. The maximum absolute atomic E-state index is 12.1. The van der Waals surface area contributed by atoms with E-state index in [0.29, 0.717) is 17.6 Å². The quantitative estimate of drug-likeness (QED) is 0.0366. The average molecular weight is 580 g/mol. The smallest absolute Gasteiger partial charge is 0.313 e. The summed E-state index contributed by atoms with van der Waals surface area (Å²) in [5.41, 5.74) is 0. The van der Waals surface area contributed by atoms with Crippen LogP contribution in [0, 0.1) is 0 Å². The zero-order valence-corrected chi connectivity index (χ0v) is 26.5. The third-order valence-corrected chi connectivity index (χ3v) is 7.28. The maximum atomic E-state index is 12.1. The molecule has 2 atom stereocenters. The van der Waals surface area contributed by atoms with Crippen molar-refractivity contribution in [1.82, 2.24) is 0 Å². The summed E-state index contributed by atoms with van der Waals surface area (Å²) in [7, 11) is 1.20. The highest BCUT2D eigenvalue weighted by atomic mass is 31.2. The van der Waals surface area contributed by atoms with Gasteiger partial charge in [-0.05, 0) is 13.3 Å². The molecule has 0 heterocycles. The number of unbranched alkanes of at least 4 members (excludes halogenated alkanes) is 14. The van der Waals surface area contributed by atoms with Gasteiger partial charge in [0.1, 0.15) is 31.5 Å². The summed E-state index contributed by atoms with van der Waals surface area (Å²) in [5.74, 6) is -1.07. The Hall–Kier alpha value is -0.830. The van der Waals surface area contributed by atoms with Crippen LogP contribution in [0.1, 0.15) is 117 Å². The molecule has 9 nitrogen and oxygen atoms in total. The zero-order chi connectivity index (χ0) is 29.4. The van der Waals surface area contributed by atoms with Gasteiger partial charge in [-0.2, -0.15) is 0 Å². The molecule has 0 aliphatic carbocycles. The number of phosphoric ester groups is 1. The molecule has 0 spiro atoms. The van der Waals surface area contributed by atoms with Gasteiger partial charge in [-0.3, -0.25) is 14.2 Å². The van der Waals surface area contributed by atoms with E-state index in [1.807, 2.05) is 21.1 Å². The molecule has 232 valence electrons. The minimum atomic E-state index is -4.55. The van der Waals surface area contributed by atoms with Crippen LogP contribution in [0.4, 0.5) is 0 Å². The van der Waals surface area contributed by atoms with E-state index in [0.717, 1.165) is 19.3 Å². The van der Waals surface area contributed by atoms with E-state index in [4.69, 9.17) is 18.5 Å². The summed E-state index contributed by atoms with van der Waals surface area (Å²) in [5, 5.41) is 0. The van der Waals surface area contributed by atoms with E-state index in [2.05, 4.69) is 6.92 Å². The van der Waals surface area contributed by atoms with E-state index in [1.165, 1.54) is 84.0 Å². The summed E-state index contributed by atoms with van der Waals surface area (Å²) in [6, 6.07) is 0. The standard InChI is InChI=1S/C29H58NO8P/c1-6-7-8-9-10-11-12-13-14-15-16-17-18-19-20-22-35-25-28(38-29(32)24-27(2)31)26-37-39(33,34)36-23-21-30(3,4)5/h28H,6-26H2,1-5H3. The van der Waals surface area contributed by atoms with Crippen LogP contribution in [-0.2, 0) is 32.7 Å². The minimum Gasteiger partial charge on any atom is -0.756 e. The molecule has 39 heavy (non-hydrogen) atoms. The van der Waals surface area contributed by atoms with Gasteiger partial charge in [-0.25, -0.2) is 0 Å². The van der Waals surface area contributed by atoms with Crippen molar-refractivity contribution < 1.29 is 42.1 Å². The number of carbonyl (C=O) groups is 2. The molecule has 0 radical (unpaired) electrons. The summed E-state index contributed by atoms with van der Waals surface area (Å²) in [6.07, 6.45) is 17.9. The Kier molecular flexibility index (Phi) is 23.3. The van der Waals surface area contributed by atoms with Crippen molar-refractivity contribution in [2.75, 3.05) is 54.1 Å². The topological polar surface area (TPSA) is 111 Å². The number of hydrogen-bond acceptors (Lipinski definition) is 8. The summed E-state index contributed by atoms with van der Waals surface area (Å²) < 4.78 is 33.3. The van der Waals surface area contributed by atoms with Crippen LogP contribution in [0.25, 0.3) is 0 Å². The fourth-order valence-electron chi connectivity index (χ4n) is 3.98. The molecule has 0 bridgehead atoms. The minimum absolute atomic E-state index is 0.0128. The first-order chi connectivity index (χ1) is 18.4. The second-order valence-electron chi connectivity index (χ2n) is 11.6. The molecule has 0 aliphatic heterocycles. The second kappa shape index (κ2) is 23.8. The normalized spacial score (nSPS) is 14.2. The highest BCUT2D eigenvalue weighted by molar-refractivity contribution is 7.45. The van der Waals surface area contributed by atoms with E-state index in [1.54, 1.807) is 0 Å². The Balaban J connectivity index is 4.02. The van der Waals surface area contributed by atoms with Gasteiger partial charge in [0.2, 0.25) is 0 Å². The fraction of sp³-hybridized carbons (Fsp3) is 0.931.